The molecule has 0 bridgehead atoms. The molecule has 2 N–H and O–H groups in total. The molecule has 0 radical (unpaired) electrons. The second kappa shape index (κ2) is 17.1. The van der Waals surface area contributed by atoms with Crippen molar-refractivity contribution in [3.05, 3.63) is 106 Å². The Kier molecular flexibility index (Phi) is 11.4. The van der Waals surface area contributed by atoms with Gasteiger partial charge in [0.2, 0.25) is 0 Å². The molecule has 2 atom stereocenters. The Bertz CT molecular complexity index is 2430. The molecule has 2 fully saturated rings. The van der Waals surface area contributed by atoms with Gasteiger partial charge >= 0.3 is 0 Å². The van der Waals surface area contributed by atoms with Crippen LogP contribution in [0, 0.1) is 0 Å². The molecule has 2 saturated heterocycles. The minimum atomic E-state index is -0.516. The molecule has 6 heterocycles. The van der Waals surface area contributed by atoms with Crippen molar-refractivity contribution >= 4 is 56.8 Å². The first-order chi connectivity index (χ1) is 29.3. The summed E-state index contributed by atoms with van der Waals surface area (Å²) < 4.78 is 23.4. The fraction of sp³-hybridized carbons (Fsp3) is 0.304. The van der Waals surface area contributed by atoms with Crippen LogP contribution in [0.3, 0.4) is 0 Å². The average molecular weight is 848 g/mol. The molecule has 4 aromatic carbocycles. The van der Waals surface area contributed by atoms with E-state index in [1.807, 2.05) is 82.6 Å². The molecule has 0 saturated carbocycles. The number of halogens is 2. The number of benzene rings is 4. The van der Waals surface area contributed by atoms with Gasteiger partial charge in [-0.2, -0.15) is 0 Å². The van der Waals surface area contributed by atoms with E-state index >= 15 is 0 Å². The van der Waals surface area contributed by atoms with E-state index in [0.717, 1.165) is 92.9 Å². The SMILES string of the molecule is COc1cccc2c(-c3cc(Cl)cc4c3O[C@@H](C(=O)N3CCNCC3)C4)ccnc12.COc1cccc2c(-c3cc(Cl)cc4c3O[C@H](C(=O)N3CCNCC3)C4)ccnc12. The normalized spacial score (nSPS) is 18.2. The van der Waals surface area contributed by atoms with Crippen molar-refractivity contribution in [1.29, 1.82) is 0 Å². The highest BCUT2D eigenvalue weighted by Gasteiger charge is 2.36. The van der Waals surface area contributed by atoms with Crippen LogP contribution in [0.5, 0.6) is 23.0 Å². The highest BCUT2D eigenvalue weighted by molar-refractivity contribution is 6.31. The van der Waals surface area contributed by atoms with Crippen molar-refractivity contribution in [3.63, 3.8) is 0 Å². The first-order valence-electron chi connectivity index (χ1n) is 20.1. The van der Waals surface area contributed by atoms with Crippen LogP contribution in [0.15, 0.2) is 85.2 Å². The number of amides is 2. The second-order valence-corrected chi connectivity index (χ2v) is 16.0. The summed E-state index contributed by atoms with van der Waals surface area (Å²) in [5.74, 6) is 2.94. The lowest BCUT2D eigenvalue weighted by atomic mass is 9.97. The minimum absolute atomic E-state index is 0.0380. The monoisotopic (exact) mass is 846 g/mol. The number of piperazine rings is 2. The van der Waals surface area contributed by atoms with Crippen LogP contribution in [-0.4, -0.2) is 110 Å². The number of para-hydroxylation sites is 2. The summed E-state index contributed by atoms with van der Waals surface area (Å²) in [4.78, 5) is 38.8. The van der Waals surface area contributed by atoms with Gasteiger partial charge in [-0.25, -0.2) is 0 Å². The van der Waals surface area contributed by atoms with Crippen LogP contribution in [0.1, 0.15) is 11.1 Å². The summed E-state index contributed by atoms with van der Waals surface area (Å²) in [5.41, 5.74) is 7.11. The number of rotatable bonds is 6. The molecule has 0 unspecified atom stereocenters. The number of hydrogen-bond donors (Lipinski definition) is 2. The molecule has 0 aliphatic carbocycles. The molecule has 6 aromatic rings. The zero-order valence-electron chi connectivity index (χ0n) is 33.3. The van der Waals surface area contributed by atoms with Crippen LogP contribution in [0.4, 0.5) is 0 Å². The maximum absolute atomic E-state index is 13.0. The maximum Gasteiger partial charge on any atom is 0.264 e. The third kappa shape index (κ3) is 7.64. The van der Waals surface area contributed by atoms with E-state index in [-0.39, 0.29) is 11.8 Å². The molecular weight excluding hydrogens is 803 g/mol. The number of pyridine rings is 2. The Labute approximate surface area is 357 Å². The number of hydrogen-bond acceptors (Lipinski definition) is 10. The van der Waals surface area contributed by atoms with Gasteiger partial charge in [0.15, 0.2) is 12.2 Å². The molecule has 0 spiro atoms. The molecule has 10 rings (SSSR count). The number of fused-ring (bicyclic) bond motifs is 4. The van der Waals surface area contributed by atoms with Gasteiger partial charge < -0.3 is 39.4 Å². The van der Waals surface area contributed by atoms with Crippen LogP contribution < -0.4 is 29.6 Å². The average Bonchev–Trinajstić information content (AvgIpc) is 3.93. The van der Waals surface area contributed by atoms with E-state index in [4.69, 9.17) is 42.1 Å². The van der Waals surface area contributed by atoms with Gasteiger partial charge in [-0.15, -0.1) is 0 Å². The molecule has 4 aliphatic heterocycles. The summed E-state index contributed by atoms with van der Waals surface area (Å²) in [6.07, 6.45) is 3.53. The maximum atomic E-state index is 13.0. The largest absolute Gasteiger partial charge is 0.494 e. The van der Waals surface area contributed by atoms with Crippen molar-refractivity contribution in [2.24, 2.45) is 0 Å². The Balaban J connectivity index is 0.000000154. The molecular formula is C46H44Cl2N6O6. The van der Waals surface area contributed by atoms with Crippen LogP contribution in [0.25, 0.3) is 44.1 Å². The van der Waals surface area contributed by atoms with Gasteiger partial charge in [0.25, 0.3) is 11.8 Å². The van der Waals surface area contributed by atoms with E-state index in [1.54, 1.807) is 26.6 Å². The molecule has 12 nitrogen and oxygen atoms in total. The number of methoxy groups -OCH3 is 2. The van der Waals surface area contributed by atoms with Gasteiger partial charge in [-0.05, 0) is 59.7 Å². The first-order valence-corrected chi connectivity index (χ1v) is 20.9. The van der Waals surface area contributed by atoms with Crippen molar-refractivity contribution in [2.75, 3.05) is 66.6 Å². The summed E-state index contributed by atoms with van der Waals surface area (Å²) in [7, 11) is 3.27. The summed E-state index contributed by atoms with van der Waals surface area (Å²) in [6, 6.07) is 23.1. The highest BCUT2D eigenvalue weighted by Crippen LogP contribution is 2.46. The van der Waals surface area contributed by atoms with Gasteiger partial charge in [-0.1, -0.05) is 47.5 Å². The third-order valence-corrected chi connectivity index (χ3v) is 11.9. The lowest BCUT2D eigenvalue weighted by molar-refractivity contribution is -0.139. The first kappa shape index (κ1) is 39.8. The van der Waals surface area contributed by atoms with Crippen LogP contribution in [0.2, 0.25) is 10.0 Å². The second-order valence-electron chi connectivity index (χ2n) is 15.1. The minimum Gasteiger partial charge on any atom is -0.494 e. The summed E-state index contributed by atoms with van der Waals surface area (Å²) in [5, 5.41) is 9.68. The van der Waals surface area contributed by atoms with E-state index < -0.39 is 12.2 Å². The third-order valence-electron chi connectivity index (χ3n) is 11.5. The number of nitrogens with zero attached hydrogens (tertiary/aromatic N) is 4. The number of carbonyl (C=O) groups is 2. The van der Waals surface area contributed by atoms with Crippen molar-refractivity contribution in [3.8, 4) is 45.3 Å². The molecule has 4 aliphatic rings. The van der Waals surface area contributed by atoms with E-state index in [1.165, 1.54) is 0 Å². The van der Waals surface area contributed by atoms with Crippen LogP contribution in [-0.2, 0) is 22.4 Å². The Hall–Kier alpha value is -5.66. The van der Waals surface area contributed by atoms with Crippen LogP contribution >= 0.6 is 23.2 Å². The fourth-order valence-electron chi connectivity index (χ4n) is 8.60. The van der Waals surface area contributed by atoms with Gasteiger partial charge in [0.1, 0.15) is 34.0 Å². The Morgan fingerprint density at radius 3 is 1.43 bits per heavy atom. The van der Waals surface area contributed by atoms with Gasteiger partial charge in [-0.3, -0.25) is 19.6 Å². The molecule has 2 amide bonds. The van der Waals surface area contributed by atoms with E-state index in [0.29, 0.717) is 60.6 Å². The number of nitrogens with one attached hydrogen (secondary N) is 2. The van der Waals surface area contributed by atoms with Crippen molar-refractivity contribution in [2.45, 2.75) is 25.0 Å². The fourth-order valence-corrected chi connectivity index (χ4v) is 9.08. The lowest BCUT2D eigenvalue weighted by Crippen LogP contribution is -2.50. The molecule has 2 aromatic heterocycles. The molecule has 308 valence electrons. The zero-order chi connectivity index (χ0) is 41.3. The summed E-state index contributed by atoms with van der Waals surface area (Å²) >= 11 is 12.9. The van der Waals surface area contributed by atoms with Crippen molar-refractivity contribution in [1.82, 2.24) is 30.4 Å². The van der Waals surface area contributed by atoms with E-state index in [2.05, 4.69) is 20.6 Å². The lowest BCUT2D eigenvalue weighted by Gasteiger charge is -2.29. The highest BCUT2D eigenvalue weighted by atomic mass is 35.5. The number of carbonyl (C=O) groups excluding carboxylic acids is 2. The van der Waals surface area contributed by atoms with Crippen molar-refractivity contribution < 1.29 is 28.5 Å². The Morgan fingerprint density at radius 1 is 0.617 bits per heavy atom. The predicted molar refractivity (Wildman–Crippen MR) is 233 cm³/mol. The standard InChI is InChI=1S/2C23H22ClN3O3/c2*1-29-19-4-2-3-17-16(5-6-26-21(17)19)18-13-15(24)11-14-12-20(30-22(14)18)23(28)27-9-7-25-8-10-27/h2*2-6,11,13,20,25H,7-10,12H2,1H3/t2*20-/m10/s1. The smallest absolute Gasteiger partial charge is 0.264 e. The van der Waals surface area contributed by atoms with Gasteiger partial charge in [0.05, 0.1) is 14.2 Å². The Morgan fingerprint density at radius 2 is 1.03 bits per heavy atom. The number of aromatic nitrogens is 2. The summed E-state index contributed by atoms with van der Waals surface area (Å²) in [6.45, 7) is 6.07. The quantitative estimate of drug-likeness (QED) is 0.190. The predicted octanol–water partition coefficient (Wildman–Crippen LogP) is 6.60. The topological polar surface area (TPSA) is 127 Å². The van der Waals surface area contributed by atoms with E-state index in [9.17, 15) is 9.59 Å². The number of ether oxygens (including phenoxy) is 4. The molecule has 14 heteroatoms. The van der Waals surface area contributed by atoms with Gasteiger partial charge in [0, 0.05) is 121 Å². The molecule has 60 heavy (non-hydrogen) atoms. The zero-order valence-corrected chi connectivity index (χ0v) is 34.8.